The summed E-state index contributed by atoms with van der Waals surface area (Å²) in [6.45, 7) is 2.33. The van der Waals surface area contributed by atoms with E-state index in [9.17, 15) is 0 Å². The van der Waals surface area contributed by atoms with Crippen molar-refractivity contribution in [2.75, 3.05) is 0 Å². The molecule has 22 heavy (non-hydrogen) atoms. The van der Waals surface area contributed by atoms with E-state index in [-0.39, 0.29) is 9.52 Å². The summed E-state index contributed by atoms with van der Waals surface area (Å²) >= 11 is 0. The zero-order chi connectivity index (χ0) is 15.2. The molecule has 0 radical (unpaired) electrons. The number of allylic oxidation sites excluding steroid dienone is 4. The fraction of sp³-hybridized carbons (Fsp3) is 0.524. The first-order valence-corrected chi connectivity index (χ1v) is 10.7. The Kier molecular flexibility index (Phi) is 5.72. The summed E-state index contributed by atoms with van der Waals surface area (Å²) in [4.78, 5) is 0. The molecule has 0 N–H and O–H groups in total. The van der Waals surface area contributed by atoms with Crippen molar-refractivity contribution < 1.29 is 0 Å². The van der Waals surface area contributed by atoms with Gasteiger partial charge in [0.25, 0.3) is 0 Å². The lowest BCUT2D eigenvalue weighted by Gasteiger charge is -2.23. The van der Waals surface area contributed by atoms with E-state index in [1.54, 1.807) is 16.0 Å². The molecule has 0 spiro atoms. The van der Waals surface area contributed by atoms with Gasteiger partial charge < -0.3 is 0 Å². The summed E-state index contributed by atoms with van der Waals surface area (Å²) in [6, 6.07) is 11.2. The average molecular weight is 311 g/mol. The second-order valence-corrected chi connectivity index (χ2v) is 9.31. The van der Waals surface area contributed by atoms with Crippen LogP contribution in [0.25, 0.3) is 0 Å². The molecule has 1 fully saturated rings. The first-order chi connectivity index (χ1) is 10.8. The predicted octanol–water partition coefficient (Wildman–Crippen LogP) is 4.84. The highest BCUT2D eigenvalue weighted by Crippen LogP contribution is 2.36. The van der Waals surface area contributed by atoms with Crippen LogP contribution in [0, 0.1) is 5.92 Å². The second-order valence-electron chi connectivity index (χ2n) is 7.23. The van der Waals surface area contributed by atoms with Crippen LogP contribution in [-0.2, 0) is 0 Å². The molecule has 2 aliphatic carbocycles. The third-order valence-electron chi connectivity index (χ3n) is 5.33. The smallest absolute Gasteiger partial charge is 0.0783 e. The van der Waals surface area contributed by atoms with E-state index in [1.807, 2.05) is 5.57 Å². The summed E-state index contributed by atoms with van der Waals surface area (Å²) in [6.07, 6.45) is 15.3. The van der Waals surface area contributed by atoms with Crippen LogP contribution >= 0.6 is 0 Å². The van der Waals surface area contributed by atoms with Gasteiger partial charge in [-0.3, -0.25) is 0 Å². The van der Waals surface area contributed by atoms with Crippen LogP contribution in [0.3, 0.4) is 0 Å². The third kappa shape index (κ3) is 4.22. The molecule has 118 valence electrons. The molecule has 0 atom stereocenters. The highest BCUT2D eigenvalue weighted by molar-refractivity contribution is 6.61. The van der Waals surface area contributed by atoms with Crippen LogP contribution in [0.5, 0.6) is 0 Å². The molecule has 1 aromatic carbocycles. The normalized spacial score (nSPS) is 20.1. The Balaban J connectivity index is 1.64. The van der Waals surface area contributed by atoms with Crippen molar-refractivity contribution in [1.29, 1.82) is 0 Å². The summed E-state index contributed by atoms with van der Waals surface area (Å²) in [5.74, 6) is 0.988. The van der Waals surface area contributed by atoms with Crippen molar-refractivity contribution in [2.24, 2.45) is 5.92 Å². The van der Waals surface area contributed by atoms with Gasteiger partial charge in [-0.05, 0) is 30.8 Å². The van der Waals surface area contributed by atoms with Gasteiger partial charge in [-0.1, -0.05) is 97.8 Å². The quantitative estimate of drug-likeness (QED) is 0.660. The molecule has 3 rings (SSSR count). The molecule has 0 aromatic heterocycles. The van der Waals surface area contributed by atoms with Crippen LogP contribution in [0.4, 0.5) is 0 Å². The molecule has 0 saturated heterocycles. The Morgan fingerprint density at radius 1 is 1.05 bits per heavy atom. The molecule has 1 saturated carbocycles. The molecule has 0 aliphatic heterocycles. The van der Waals surface area contributed by atoms with E-state index in [2.05, 4.69) is 43.3 Å². The largest absolute Gasteiger partial charge is 0.0828 e. The van der Waals surface area contributed by atoms with Crippen molar-refractivity contribution in [3.05, 3.63) is 52.8 Å². The van der Waals surface area contributed by atoms with Gasteiger partial charge in [0.2, 0.25) is 0 Å². The summed E-state index contributed by atoms with van der Waals surface area (Å²) in [5.41, 5.74) is 3.53. The molecule has 0 nitrogen and oxygen atoms in total. The number of hydrogen-bond donors (Lipinski definition) is 0. The van der Waals surface area contributed by atoms with E-state index in [0.29, 0.717) is 0 Å². The van der Waals surface area contributed by atoms with Crippen molar-refractivity contribution in [3.8, 4) is 0 Å². The molecule has 0 bridgehead atoms. The molecule has 0 unspecified atom stereocenters. The zero-order valence-corrected chi connectivity index (χ0v) is 15.5. The van der Waals surface area contributed by atoms with Gasteiger partial charge in [-0.25, -0.2) is 0 Å². The number of benzene rings is 1. The highest BCUT2D eigenvalue weighted by atomic mass is 28.2. The van der Waals surface area contributed by atoms with E-state index in [4.69, 9.17) is 0 Å². The maximum absolute atomic E-state index is 2.60. The molecular weight excluding hydrogens is 280 g/mol. The zero-order valence-electron chi connectivity index (χ0n) is 14.1. The maximum atomic E-state index is 2.60. The second kappa shape index (κ2) is 7.96. The van der Waals surface area contributed by atoms with Crippen molar-refractivity contribution in [2.45, 2.75) is 64.7 Å². The van der Waals surface area contributed by atoms with Crippen molar-refractivity contribution >= 4 is 14.7 Å². The Bertz CT molecular complexity index is 532. The minimum absolute atomic E-state index is 0.234. The molecule has 0 amide bonds. The first-order valence-electron chi connectivity index (χ1n) is 9.29. The molecule has 0 heterocycles. The Morgan fingerprint density at radius 3 is 2.55 bits per heavy atom. The molecule has 1 heteroatoms. The maximum Gasteiger partial charge on any atom is 0.0828 e. The lowest BCUT2D eigenvalue weighted by atomic mass is 9.83. The monoisotopic (exact) mass is 310 g/mol. The number of rotatable bonds is 6. The van der Waals surface area contributed by atoms with Crippen LogP contribution in [0.15, 0.2) is 52.8 Å². The molecule has 1 aromatic rings. The van der Waals surface area contributed by atoms with Gasteiger partial charge in [0, 0.05) is 0 Å². The van der Waals surface area contributed by atoms with Crippen LogP contribution in [0.1, 0.15) is 64.7 Å². The van der Waals surface area contributed by atoms with E-state index < -0.39 is 0 Å². The fourth-order valence-electron chi connectivity index (χ4n) is 4.22. The Labute approximate surface area is 138 Å². The van der Waals surface area contributed by atoms with Crippen LogP contribution < -0.4 is 5.19 Å². The summed E-state index contributed by atoms with van der Waals surface area (Å²) < 4.78 is 0. The third-order valence-corrected chi connectivity index (χ3v) is 7.11. The fourth-order valence-corrected chi connectivity index (χ4v) is 6.03. The standard InChI is InChI=1S/C21H30Si/c1-2-9-18-15-21(22-20-12-7-4-8-13-20)16-19(18)14-17-10-5-3-6-11-17/h4,7-8,12-13,15,17H,2-3,5-6,9-11,14,16,22H2,1H3. The van der Waals surface area contributed by atoms with Gasteiger partial charge in [0.05, 0.1) is 9.52 Å². The predicted molar refractivity (Wildman–Crippen MR) is 100 cm³/mol. The SMILES string of the molecule is CCCC1=C(CC2CCCCC2)CC([SiH2]c2ccccc2)=C1. The van der Waals surface area contributed by atoms with Crippen molar-refractivity contribution in [3.63, 3.8) is 0 Å². The minimum Gasteiger partial charge on any atom is -0.0783 e. The Hall–Kier alpha value is -1.08. The van der Waals surface area contributed by atoms with Gasteiger partial charge in [0.15, 0.2) is 0 Å². The highest BCUT2D eigenvalue weighted by Gasteiger charge is 2.21. The summed E-state index contributed by atoms with van der Waals surface area (Å²) in [7, 11) is -0.234. The van der Waals surface area contributed by atoms with Gasteiger partial charge in [0.1, 0.15) is 0 Å². The lowest BCUT2D eigenvalue weighted by Crippen LogP contribution is -2.15. The topological polar surface area (TPSA) is 0 Å². The van der Waals surface area contributed by atoms with E-state index in [0.717, 1.165) is 5.92 Å². The lowest BCUT2D eigenvalue weighted by molar-refractivity contribution is 0.354. The van der Waals surface area contributed by atoms with Gasteiger partial charge >= 0.3 is 0 Å². The van der Waals surface area contributed by atoms with E-state index in [1.165, 1.54) is 57.8 Å². The Morgan fingerprint density at radius 2 is 1.82 bits per heavy atom. The van der Waals surface area contributed by atoms with Gasteiger partial charge in [-0.15, -0.1) is 0 Å². The molecular formula is C21H30Si. The first kappa shape index (κ1) is 15.8. The van der Waals surface area contributed by atoms with Crippen LogP contribution in [0.2, 0.25) is 0 Å². The number of hydrogen-bond acceptors (Lipinski definition) is 0. The van der Waals surface area contributed by atoms with Crippen molar-refractivity contribution in [1.82, 2.24) is 0 Å². The van der Waals surface area contributed by atoms with Gasteiger partial charge in [-0.2, -0.15) is 0 Å². The minimum atomic E-state index is -0.234. The molecule has 2 aliphatic rings. The average Bonchev–Trinajstić information content (AvgIpc) is 2.91. The van der Waals surface area contributed by atoms with E-state index >= 15 is 0 Å². The van der Waals surface area contributed by atoms with Crippen LogP contribution in [-0.4, -0.2) is 9.52 Å². The summed E-state index contributed by atoms with van der Waals surface area (Å²) in [5, 5.41) is 3.38.